The van der Waals surface area contributed by atoms with Gasteiger partial charge in [-0.25, -0.2) is 9.97 Å². The number of H-pyrrole nitrogens is 1. The Bertz CT molecular complexity index is 1030. The Hall–Kier alpha value is -1.89. The highest BCUT2D eigenvalue weighted by Gasteiger charge is 2.43. The summed E-state index contributed by atoms with van der Waals surface area (Å²) < 4.78 is 0. The number of rotatable bonds is 2. The fourth-order valence-electron chi connectivity index (χ4n) is 4.79. The number of anilines is 1. The summed E-state index contributed by atoms with van der Waals surface area (Å²) in [6.07, 6.45) is 7.75. The van der Waals surface area contributed by atoms with Crippen LogP contribution in [0.2, 0.25) is 10.0 Å². The standard InChI is InChI=1S/C20H22Cl2N6.C2H6/c21-13-4-1-3-12(16(13)22)17-18-19(27-26-17)25-15(11-24-18)28-9-7-20(8-10-28)6-2-5-14(20)23;1-2/h1,3-4,11,14H,2,5-10,23H2,(H,25,26,27);1-2H3. The van der Waals surface area contributed by atoms with Gasteiger partial charge in [0.25, 0.3) is 0 Å². The summed E-state index contributed by atoms with van der Waals surface area (Å²) >= 11 is 12.5. The molecule has 1 atom stereocenters. The van der Waals surface area contributed by atoms with Gasteiger partial charge < -0.3 is 10.6 Å². The molecule has 0 bridgehead atoms. The molecule has 1 unspecified atom stereocenters. The first kappa shape index (κ1) is 21.3. The molecule has 1 saturated heterocycles. The van der Waals surface area contributed by atoms with E-state index in [0.717, 1.165) is 49.4 Å². The maximum absolute atomic E-state index is 6.40. The van der Waals surface area contributed by atoms with Crippen molar-refractivity contribution in [3.8, 4) is 11.3 Å². The summed E-state index contributed by atoms with van der Waals surface area (Å²) in [5.74, 6) is 0.865. The third-order valence-electron chi connectivity index (χ3n) is 6.53. The van der Waals surface area contributed by atoms with Gasteiger partial charge in [0.15, 0.2) is 0 Å². The highest BCUT2D eigenvalue weighted by Crippen LogP contribution is 2.46. The first-order valence-corrected chi connectivity index (χ1v) is 11.5. The molecule has 0 amide bonds. The molecular formula is C22H28Cl2N6. The number of aromatic nitrogens is 4. The molecular weight excluding hydrogens is 419 g/mol. The molecule has 6 nitrogen and oxygen atoms in total. The topological polar surface area (TPSA) is 83.7 Å². The Morgan fingerprint density at radius 3 is 2.63 bits per heavy atom. The molecule has 8 heteroatoms. The van der Waals surface area contributed by atoms with Crippen LogP contribution < -0.4 is 10.6 Å². The summed E-state index contributed by atoms with van der Waals surface area (Å²) in [6, 6.07) is 5.86. The van der Waals surface area contributed by atoms with E-state index >= 15 is 0 Å². The Kier molecular flexibility index (Phi) is 6.19. The highest BCUT2D eigenvalue weighted by molar-refractivity contribution is 6.43. The van der Waals surface area contributed by atoms with Gasteiger partial charge in [0.05, 0.1) is 21.9 Å². The lowest BCUT2D eigenvalue weighted by Crippen LogP contribution is -2.47. The number of fused-ring (bicyclic) bond motifs is 1. The van der Waals surface area contributed by atoms with Gasteiger partial charge in [0, 0.05) is 24.7 Å². The molecule has 2 aliphatic rings. The van der Waals surface area contributed by atoms with Crippen LogP contribution in [0.5, 0.6) is 0 Å². The van der Waals surface area contributed by atoms with Crippen molar-refractivity contribution in [2.75, 3.05) is 18.0 Å². The largest absolute Gasteiger partial charge is 0.355 e. The van der Waals surface area contributed by atoms with E-state index < -0.39 is 0 Å². The molecule has 5 rings (SSSR count). The number of hydrogen-bond donors (Lipinski definition) is 2. The van der Waals surface area contributed by atoms with Crippen molar-refractivity contribution in [3.05, 3.63) is 34.4 Å². The zero-order chi connectivity index (χ0) is 21.3. The van der Waals surface area contributed by atoms with E-state index in [0.29, 0.717) is 32.7 Å². The molecule has 1 aromatic carbocycles. The van der Waals surface area contributed by atoms with Crippen LogP contribution >= 0.6 is 23.2 Å². The smallest absolute Gasteiger partial charge is 0.202 e. The van der Waals surface area contributed by atoms with Crippen LogP contribution in [0.4, 0.5) is 5.82 Å². The summed E-state index contributed by atoms with van der Waals surface area (Å²) in [5.41, 5.74) is 9.52. The van der Waals surface area contributed by atoms with Crippen molar-refractivity contribution in [3.63, 3.8) is 0 Å². The predicted molar refractivity (Wildman–Crippen MR) is 124 cm³/mol. The number of hydrogen-bond acceptors (Lipinski definition) is 5. The van der Waals surface area contributed by atoms with Gasteiger partial charge in [-0.15, -0.1) is 0 Å². The summed E-state index contributed by atoms with van der Waals surface area (Å²) in [7, 11) is 0. The molecule has 2 fully saturated rings. The third-order valence-corrected chi connectivity index (χ3v) is 7.35. The Balaban J connectivity index is 0.00000106. The van der Waals surface area contributed by atoms with Crippen molar-refractivity contribution in [1.82, 2.24) is 20.2 Å². The minimum Gasteiger partial charge on any atom is -0.355 e. The average molecular weight is 447 g/mol. The lowest BCUT2D eigenvalue weighted by Gasteiger charge is -2.42. The van der Waals surface area contributed by atoms with Gasteiger partial charge >= 0.3 is 0 Å². The van der Waals surface area contributed by atoms with E-state index in [1.54, 1.807) is 6.07 Å². The summed E-state index contributed by atoms with van der Waals surface area (Å²) in [4.78, 5) is 11.7. The van der Waals surface area contributed by atoms with Crippen molar-refractivity contribution in [2.45, 2.75) is 52.0 Å². The SMILES string of the molecule is CC.NC1CCCC12CCN(c1cnc3c(-c4cccc(Cl)c4Cl)[nH]nc3n1)CC2. The van der Waals surface area contributed by atoms with E-state index in [4.69, 9.17) is 33.9 Å². The van der Waals surface area contributed by atoms with Crippen LogP contribution in [0.1, 0.15) is 46.0 Å². The summed E-state index contributed by atoms with van der Waals surface area (Å²) in [5, 5.41) is 8.36. The molecule has 3 N–H and O–H groups in total. The van der Waals surface area contributed by atoms with E-state index in [1.807, 2.05) is 32.2 Å². The van der Waals surface area contributed by atoms with Crippen LogP contribution in [-0.2, 0) is 0 Å². The average Bonchev–Trinajstić information content (AvgIpc) is 3.35. The molecule has 3 heterocycles. The van der Waals surface area contributed by atoms with E-state index in [9.17, 15) is 0 Å². The van der Waals surface area contributed by atoms with E-state index in [-0.39, 0.29) is 0 Å². The van der Waals surface area contributed by atoms with Crippen LogP contribution in [0.15, 0.2) is 24.4 Å². The van der Waals surface area contributed by atoms with E-state index in [1.165, 1.54) is 12.8 Å². The molecule has 1 spiro atoms. The molecule has 1 saturated carbocycles. The van der Waals surface area contributed by atoms with Crippen molar-refractivity contribution < 1.29 is 0 Å². The quantitative estimate of drug-likeness (QED) is 0.546. The number of nitrogens with zero attached hydrogens (tertiary/aromatic N) is 4. The normalized spacial score (nSPS) is 20.4. The molecule has 160 valence electrons. The predicted octanol–water partition coefficient (Wildman–Crippen LogP) is 5.45. The second-order valence-corrected chi connectivity index (χ2v) is 8.73. The van der Waals surface area contributed by atoms with Crippen molar-refractivity contribution >= 4 is 40.2 Å². The molecule has 30 heavy (non-hydrogen) atoms. The Labute approximate surface area is 187 Å². The Morgan fingerprint density at radius 1 is 1.17 bits per heavy atom. The van der Waals surface area contributed by atoms with Gasteiger partial charge in [-0.05, 0) is 37.2 Å². The van der Waals surface area contributed by atoms with Crippen LogP contribution in [-0.4, -0.2) is 39.3 Å². The van der Waals surface area contributed by atoms with Crippen molar-refractivity contribution in [1.29, 1.82) is 0 Å². The monoisotopic (exact) mass is 446 g/mol. The van der Waals surface area contributed by atoms with E-state index in [2.05, 4.69) is 20.1 Å². The van der Waals surface area contributed by atoms with Gasteiger partial charge in [0.2, 0.25) is 5.65 Å². The van der Waals surface area contributed by atoms with Crippen LogP contribution in [0.25, 0.3) is 22.4 Å². The second kappa shape index (κ2) is 8.69. The maximum atomic E-state index is 6.40. The molecule has 0 radical (unpaired) electrons. The van der Waals surface area contributed by atoms with Crippen LogP contribution in [0, 0.1) is 5.41 Å². The lowest BCUT2D eigenvalue weighted by molar-refractivity contribution is 0.197. The second-order valence-electron chi connectivity index (χ2n) is 7.95. The lowest BCUT2D eigenvalue weighted by atomic mass is 9.74. The number of piperidine rings is 1. The molecule has 1 aliphatic heterocycles. The van der Waals surface area contributed by atoms with Gasteiger partial charge in [-0.3, -0.25) is 5.10 Å². The fourth-order valence-corrected chi connectivity index (χ4v) is 5.19. The first-order chi connectivity index (χ1) is 14.6. The minimum atomic E-state index is 0.330. The minimum absolute atomic E-state index is 0.330. The maximum Gasteiger partial charge on any atom is 0.202 e. The van der Waals surface area contributed by atoms with Crippen LogP contribution in [0.3, 0.4) is 0 Å². The van der Waals surface area contributed by atoms with Crippen molar-refractivity contribution in [2.24, 2.45) is 11.1 Å². The molecule has 3 aromatic rings. The number of nitrogens with two attached hydrogens (primary N) is 1. The zero-order valence-corrected chi connectivity index (χ0v) is 19.0. The number of halogens is 2. The molecule has 1 aliphatic carbocycles. The number of aromatic amines is 1. The number of nitrogens with one attached hydrogen (secondary N) is 1. The zero-order valence-electron chi connectivity index (χ0n) is 17.5. The molecule has 2 aromatic heterocycles. The first-order valence-electron chi connectivity index (χ1n) is 10.7. The van der Waals surface area contributed by atoms with Gasteiger partial charge in [-0.2, -0.15) is 5.10 Å². The fraction of sp³-hybridized carbons (Fsp3) is 0.500. The van der Waals surface area contributed by atoms with Gasteiger partial charge in [-0.1, -0.05) is 55.6 Å². The Morgan fingerprint density at radius 2 is 1.93 bits per heavy atom. The highest BCUT2D eigenvalue weighted by atomic mass is 35.5. The van der Waals surface area contributed by atoms with Gasteiger partial charge in [0.1, 0.15) is 11.3 Å². The third kappa shape index (κ3) is 3.66. The summed E-state index contributed by atoms with van der Waals surface area (Å²) in [6.45, 7) is 5.93. The number of benzene rings is 1.